The molecule has 200 valence electrons. The summed E-state index contributed by atoms with van der Waals surface area (Å²) in [5.41, 5.74) is 2.48. The van der Waals surface area contributed by atoms with Gasteiger partial charge in [0.2, 0.25) is 0 Å². The number of methoxy groups -OCH3 is 1. The molecule has 9 heteroatoms. The number of nitrogens with zero attached hydrogens (tertiary/aromatic N) is 2. The van der Waals surface area contributed by atoms with Gasteiger partial charge in [-0.15, -0.1) is 0 Å². The fourth-order valence-corrected chi connectivity index (χ4v) is 5.57. The average Bonchev–Trinajstić information content (AvgIpc) is 3.59. The second-order valence-electron chi connectivity index (χ2n) is 9.09. The lowest BCUT2D eigenvalue weighted by atomic mass is 10.0. The first-order chi connectivity index (χ1) is 19.5. The third kappa shape index (κ3) is 5.23. The molecule has 2 aromatic heterocycles. The van der Waals surface area contributed by atoms with Crippen LogP contribution in [-0.4, -0.2) is 17.2 Å². The Kier molecular flexibility index (Phi) is 7.34. The van der Waals surface area contributed by atoms with Crippen molar-refractivity contribution >= 4 is 46.2 Å². The standard InChI is InChI=1S/C31H23Cl2N3O3S/c1-37-21-10-12-23(13-11-21)38-22-8-6-20(7-9-22)36-30(29(35-31(36)40)26-4-2-3-17-34-26)28-16-15-27(39-28)24-14-5-19(32)18-25(24)33/h2-18,29-30H,1H3,(H,35,40)/t29-,30+/m1/s1. The molecule has 0 amide bonds. The van der Waals surface area contributed by atoms with Gasteiger partial charge in [-0.2, -0.15) is 0 Å². The van der Waals surface area contributed by atoms with E-state index < -0.39 is 0 Å². The largest absolute Gasteiger partial charge is 0.497 e. The van der Waals surface area contributed by atoms with Gasteiger partial charge < -0.3 is 24.1 Å². The lowest BCUT2D eigenvalue weighted by Gasteiger charge is -2.26. The lowest BCUT2D eigenvalue weighted by Crippen LogP contribution is -2.29. The summed E-state index contributed by atoms with van der Waals surface area (Å²) in [6, 6.07) is 29.7. The Bertz CT molecular complexity index is 1640. The highest BCUT2D eigenvalue weighted by Gasteiger charge is 2.42. The van der Waals surface area contributed by atoms with E-state index in [4.69, 9.17) is 49.3 Å². The highest BCUT2D eigenvalue weighted by molar-refractivity contribution is 7.80. The average molecular weight is 589 g/mol. The van der Waals surface area contributed by atoms with Crippen LogP contribution >= 0.6 is 35.4 Å². The van der Waals surface area contributed by atoms with Gasteiger partial charge in [-0.25, -0.2) is 0 Å². The third-order valence-corrected chi connectivity index (χ3v) is 7.49. The fourth-order valence-electron chi connectivity index (χ4n) is 4.72. The van der Waals surface area contributed by atoms with E-state index in [0.717, 1.165) is 22.7 Å². The molecular weight excluding hydrogens is 565 g/mol. The number of hydrogen-bond donors (Lipinski definition) is 1. The van der Waals surface area contributed by atoms with E-state index in [1.807, 2.05) is 89.8 Å². The number of benzene rings is 3. The summed E-state index contributed by atoms with van der Waals surface area (Å²) in [5.74, 6) is 3.53. The van der Waals surface area contributed by atoms with Gasteiger partial charge in [-0.1, -0.05) is 29.3 Å². The van der Waals surface area contributed by atoms with E-state index in [-0.39, 0.29) is 12.1 Å². The molecule has 1 aliphatic rings. The van der Waals surface area contributed by atoms with E-state index >= 15 is 0 Å². The molecule has 0 aliphatic carbocycles. The summed E-state index contributed by atoms with van der Waals surface area (Å²) in [4.78, 5) is 6.65. The maximum atomic E-state index is 6.48. The van der Waals surface area contributed by atoms with E-state index in [2.05, 4.69) is 10.3 Å². The molecule has 1 fully saturated rings. The molecule has 6 rings (SSSR count). The minimum atomic E-state index is -0.310. The van der Waals surface area contributed by atoms with Gasteiger partial charge in [-0.3, -0.25) is 4.98 Å². The van der Waals surface area contributed by atoms with Crippen molar-refractivity contribution in [2.75, 3.05) is 12.0 Å². The molecule has 0 bridgehead atoms. The van der Waals surface area contributed by atoms with Gasteiger partial charge in [0.1, 0.15) is 34.8 Å². The quantitative estimate of drug-likeness (QED) is 0.191. The van der Waals surface area contributed by atoms with Crippen LogP contribution in [0.1, 0.15) is 23.5 Å². The third-order valence-electron chi connectivity index (χ3n) is 6.62. The predicted molar refractivity (Wildman–Crippen MR) is 162 cm³/mol. The summed E-state index contributed by atoms with van der Waals surface area (Å²) in [6.45, 7) is 0. The van der Waals surface area contributed by atoms with Crippen molar-refractivity contribution < 1.29 is 13.9 Å². The molecule has 0 spiro atoms. The number of thiocarbonyl (C=S) groups is 1. The van der Waals surface area contributed by atoms with Crippen molar-refractivity contribution in [3.8, 4) is 28.6 Å². The maximum absolute atomic E-state index is 6.48. The number of ether oxygens (including phenoxy) is 2. The molecule has 6 nitrogen and oxygen atoms in total. The van der Waals surface area contributed by atoms with Gasteiger partial charge in [0.15, 0.2) is 5.11 Å². The number of rotatable bonds is 7. The van der Waals surface area contributed by atoms with Crippen LogP contribution in [0.5, 0.6) is 17.2 Å². The Morgan fingerprint density at radius 2 is 1.60 bits per heavy atom. The number of anilines is 1. The smallest absolute Gasteiger partial charge is 0.174 e. The maximum Gasteiger partial charge on any atom is 0.174 e. The fraction of sp³-hybridized carbons (Fsp3) is 0.0968. The Morgan fingerprint density at radius 3 is 2.27 bits per heavy atom. The highest BCUT2D eigenvalue weighted by atomic mass is 35.5. The molecular formula is C31H23Cl2N3O3S. The SMILES string of the molecule is COc1ccc(Oc2ccc(N3C(=S)N[C@H](c4ccccn4)[C@@H]3c3ccc(-c4ccc(Cl)cc4Cl)o3)cc2)cc1. The summed E-state index contributed by atoms with van der Waals surface area (Å²) >= 11 is 18.4. The van der Waals surface area contributed by atoms with Crippen LogP contribution in [0.15, 0.2) is 108 Å². The van der Waals surface area contributed by atoms with Gasteiger partial charge in [0.25, 0.3) is 0 Å². The summed E-state index contributed by atoms with van der Waals surface area (Å²) in [6.07, 6.45) is 1.77. The number of nitrogens with one attached hydrogen (secondary N) is 1. The number of hydrogen-bond acceptors (Lipinski definition) is 5. The van der Waals surface area contributed by atoms with Crippen LogP contribution in [0.4, 0.5) is 5.69 Å². The molecule has 2 atom stereocenters. The summed E-state index contributed by atoms with van der Waals surface area (Å²) in [7, 11) is 1.63. The summed E-state index contributed by atoms with van der Waals surface area (Å²) in [5, 5.41) is 5.09. The number of halogens is 2. The van der Waals surface area contributed by atoms with Crippen molar-refractivity contribution in [1.82, 2.24) is 10.3 Å². The van der Waals surface area contributed by atoms with Crippen LogP contribution < -0.4 is 19.7 Å². The second-order valence-corrected chi connectivity index (χ2v) is 10.3. The van der Waals surface area contributed by atoms with E-state index in [9.17, 15) is 0 Å². The van der Waals surface area contributed by atoms with Crippen LogP contribution in [0.2, 0.25) is 10.0 Å². The molecule has 1 N–H and O–H groups in total. The molecule has 0 radical (unpaired) electrons. The molecule has 5 aromatic rings. The zero-order chi connectivity index (χ0) is 27.6. The Hall–Kier alpha value is -4.04. The predicted octanol–water partition coefficient (Wildman–Crippen LogP) is 8.63. The molecule has 0 unspecified atom stereocenters. The van der Waals surface area contributed by atoms with Crippen molar-refractivity contribution in [3.63, 3.8) is 0 Å². The first kappa shape index (κ1) is 26.2. The normalized spacial score (nSPS) is 16.6. The van der Waals surface area contributed by atoms with Crippen molar-refractivity contribution in [2.45, 2.75) is 12.1 Å². The molecule has 1 aliphatic heterocycles. The van der Waals surface area contributed by atoms with Gasteiger partial charge >= 0.3 is 0 Å². The van der Waals surface area contributed by atoms with Crippen LogP contribution in [0.3, 0.4) is 0 Å². The minimum Gasteiger partial charge on any atom is -0.497 e. The van der Waals surface area contributed by atoms with Crippen LogP contribution in [-0.2, 0) is 0 Å². The van der Waals surface area contributed by atoms with Gasteiger partial charge in [0, 0.05) is 22.5 Å². The van der Waals surface area contributed by atoms with Gasteiger partial charge in [-0.05, 0) is 103 Å². The van der Waals surface area contributed by atoms with Crippen LogP contribution in [0.25, 0.3) is 11.3 Å². The minimum absolute atomic E-state index is 0.247. The number of aromatic nitrogens is 1. The van der Waals surface area contributed by atoms with E-state index in [0.29, 0.717) is 38.2 Å². The van der Waals surface area contributed by atoms with E-state index in [1.54, 1.807) is 25.4 Å². The zero-order valence-corrected chi connectivity index (χ0v) is 23.6. The second kappa shape index (κ2) is 11.2. The molecule has 3 aromatic carbocycles. The van der Waals surface area contributed by atoms with E-state index in [1.165, 1.54) is 0 Å². The van der Waals surface area contributed by atoms with Crippen molar-refractivity contribution in [1.29, 1.82) is 0 Å². The van der Waals surface area contributed by atoms with Crippen LogP contribution in [0, 0.1) is 0 Å². The molecule has 1 saturated heterocycles. The first-order valence-electron chi connectivity index (χ1n) is 12.5. The topological polar surface area (TPSA) is 59.8 Å². The Labute approximate surface area is 247 Å². The first-order valence-corrected chi connectivity index (χ1v) is 13.6. The monoisotopic (exact) mass is 587 g/mol. The Balaban J connectivity index is 1.33. The van der Waals surface area contributed by atoms with Gasteiger partial charge in [0.05, 0.1) is 23.9 Å². The summed E-state index contributed by atoms with van der Waals surface area (Å²) < 4.78 is 17.7. The van der Waals surface area contributed by atoms with Crippen molar-refractivity contribution in [3.05, 3.63) is 125 Å². The molecule has 0 saturated carbocycles. The number of pyridine rings is 1. The molecule has 3 heterocycles. The highest BCUT2D eigenvalue weighted by Crippen LogP contribution is 2.44. The van der Waals surface area contributed by atoms with Crippen molar-refractivity contribution in [2.24, 2.45) is 0 Å². The molecule has 40 heavy (non-hydrogen) atoms. The Morgan fingerprint density at radius 1 is 0.875 bits per heavy atom. The zero-order valence-electron chi connectivity index (χ0n) is 21.3. The number of furan rings is 1. The lowest BCUT2D eigenvalue weighted by molar-refractivity contribution is 0.413.